The van der Waals surface area contributed by atoms with E-state index < -0.39 is 5.97 Å². The Balaban J connectivity index is 2.02. The average molecular weight is 400 g/mol. The second-order valence-electron chi connectivity index (χ2n) is 8.47. The second-order valence-corrected chi connectivity index (χ2v) is 8.47. The third-order valence-corrected chi connectivity index (χ3v) is 5.65. The molecule has 0 unspecified atom stereocenters. The van der Waals surface area contributed by atoms with Gasteiger partial charge in [-0.3, -0.25) is 4.79 Å². The van der Waals surface area contributed by atoms with E-state index in [-0.39, 0.29) is 18.1 Å². The van der Waals surface area contributed by atoms with Crippen molar-refractivity contribution in [3.05, 3.63) is 28.6 Å². The second kappa shape index (κ2) is 10.3. The topological polar surface area (TPSA) is 75.3 Å². The Morgan fingerprint density at radius 3 is 2.55 bits per heavy atom. The minimum absolute atomic E-state index is 0.0887. The van der Waals surface area contributed by atoms with Gasteiger partial charge in [-0.15, -0.1) is 0 Å². The molecule has 0 N–H and O–H groups in total. The summed E-state index contributed by atoms with van der Waals surface area (Å²) in [6.07, 6.45) is 4.55. The number of likely N-dealkylation sites (tertiary alicyclic amines) is 1. The van der Waals surface area contributed by atoms with Crippen LogP contribution < -0.4 is 0 Å². The smallest absolute Gasteiger partial charge is 0.349 e. The van der Waals surface area contributed by atoms with E-state index in [2.05, 4.69) is 25.3 Å². The molecule has 0 aromatic carbocycles. The molecule has 1 aliphatic heterocycles. The minimum atomic E-state index is -0.752. The summed E-state index contributed by atoms with van der Waals surface area (Å²) in [5.41, 5.74) is 2.85. The van der Waals surface area contributed by atoms with E-state index in [4.69, 9.17) is 4.74 Å². The summed E-state index contributed by atoms with van der Waals surface area (Å²) in [6, 6.07) is 3.89. The van der Waals surface area contributed by atoms with E-state index in [9.17, 15) is 14.9 Å². The van der Waals surface area contributed by atoms with Crippen molar-refractivity contribution in [1.29, 1.82) is 5.26 Å². The molecule has 0 saturated carbocycles. The summed E-state index contributed by atoms with van der Waals surface area (Å²) in [6.45, 7) is 12.5. The average Bonchev–Trinajstić information content (AvgIpc) is 2.95. The van der Waals surface area contributed by atoms with Crippen LogP contribution in [-0.2, 0) is 20.9 Å². The third kappa shape index (κ3) is 6.22. The predicted octanol–water partition coefficient (Wildman–Crippen LogP) is 3.86. The van der Waals surface area contributed by atoms with Gasteiger partial charge in [0, 0.05) is 31.0 Å². The summed E-state index contributed by atoms with van der Waals surface area (Å²) in [5.74, 6) is 0.266. The van der Waals surface area contributed by atoms with Gasteiger partial charge >= 0.3 is 5.97 Å². The van der Waals surface area contributed by atoms with Gasteiger partial charge in [0.05, 0.1) is 0 Å². The van der Waals surface area contributed by atoms with Crippen LogP contribution in [0.1, 0.15) is 57.0 Å². The van der Waals surface area contributed by atoms with Crippen LogP contribution in [0.25, 0.3) is 6.08 Å². The molecule has 0 bridgehead atoms. The predicted molar refractivity (Wildman–Crippen MR) is 113 cm³/mol. The molecule has 0 atom stereocenters. The molecular weight excluding hydrogens is 366 g/mol. The number of aryl methyl sites for hydroxylation is 1. The Morgan fingerprint density at radius 2 is 1.97 bits per heavy atom. The van der Waals surface area contributed by atoms with E-state index >= 15 is 0 Å². The maximum Gasteiger partial charge on any atom is 0.349 e. The number of hydrogen-bond acceptors (Lipinski definition) is 4. The minimum Gasteiger partial charge on any atom is -0.451 e. The number of esters is 1. The molecule has 0 radical (unpaired) electrons. The van der Waals surface area contributed by atoms with E-state index in [1.807, 2.05) is 26.0 Å². The fourth-order valence-electron chi connectivity index (χ4n) is 3.55. The van der Waals surface area contributed by atoms with Crippen molar-refractivity contribution in [1.82, 2.24) is 9.47 Å². The van der Waals surface area contributed by atoms with Crippen LogP contribution in [0.5, 0.6) is 0 Å². The molecule has 1 fully saturated rings. The molecule has 2 heterocycles. The van der Waals surface area contributed by atoms with Crippen molar-refractivity contribution in [2.45, 2.75) is 60.4 Å². The quantitative estimate of drug-likeness (QED) is 0.396. The number of piperidine rings is 1. The fraction of sp³-hybridized carbons (Fsp3) is 0.609. The summed E-state index contributed by atoms with van der Waals surface area (Å²) >= 11 is 0. The Labute approximate surface area is 174 Å². The molecule has 2 rings (SSSR count). The van der Waals surface area contributed by atoms with Crippen LogP contribution >= 0.6 is 0 Å². The van der Waals surface area contributed by atoms with Crippen LogP contribution in [-0.4, -0.2) is 41.0 Å². The van der Waals surface area contributed by atoms with Crippen molar-refractivity contribution in [3.63, 3.8) is 0 Å². The molecule has 1 aromatic heterocycles. The number of nitrogens with zero attached hydrogens (tertiary/aromatic N) is 3. The van der Waals surface area contributed by atoms with E-state index in [0.717, 1.165) is 42.8 Å². The largest absolute Gasteiger partial charge is 0.451 e. The molecule has 1 saturated heterocycles. The van der Waals surface area contributed by atoms with Crippen molar-refractivity contribution in [2.24, 2.45) is 11.8 Å². The summed E-state index contributed by atoms with van der Waals surface area (Å²) < 4.78 is 7.34. The fourth-order valence-corrected chi connectivity index (χ4v) is 3.55. The number of carbonyl (C=O) groups is 2. The SMILES string of the molecule is Cc1cc(/C=C(\C#N)C(=O)OCC(=O)N2CCC(C)CC2)c(C)n1CCC(C)C. The molecule has 0 spiro atoms. The van der Waals surface area contributed by atoms with E-state index in [1.54, 1.807) is 11.0 Å². The van der Waals surface area contributed by atoms with Gasteiger partial charge in [0.1, 0.15) is 11.6 Å². The number of nitriles is 1. The first-order valence-electron chi connectivity index (χ1n) is 10.5. The number of amides is 1. The Bertz CT molecular complexity index is 806. The first-order valence-corrected chi connectivity index (χ1v) is 10.5. The van der Waals surface area contributed by atoms with Crippen LogP contribution in [0.3, 0.4) is 0 Å². The highest BCUT2D eigenvalue weighted by molar-refractivity contribution is 5.99. The molecule has 1 aliphatic rings. The zero-order valence-electron chi connectivity index (χ0n) is 18.3. The van der Waals surface area contributed by atoms with Gasteiger partial charge in [-0.1, -0.05) is 20.8 Å². The summed E-state index contributed by atoms with van der Waals surface area (Å²) in [4.78, 5) is 26.3. The molecule has 6 heteroatoms. The third-order valence-electron chi connectivity index (χ3n) is 5.65. The van der Waals surface area contributed by atoms with Crippen molar-refractivity contribution in [2.75, 3.05) is 19.7 Å². The van der Waals surface area contributed by atoms with Crippen molar-refractivity contribution >= 4 is 18.0 Å². The van der Waals surface area contributed by atoms with Crippen molar-refractivity contribution in [3.8, 4) is 6.07 Å². The maximum atomic E-state index is 12.3. The maximum absolute atomic E-state index is 12.3. The van der Waals surface area contributed by atoms with E-state index in [1.165, 1.54) is 0 Å². The monoisotopic (exact) mass is 399 g/mol. The van der Waals surface area contributed by atoms with Gasteiger partial charge in [0.15, 0.2) is 6.61 Å². The highest BCUT2D eigenvalue weighted by Gasteiger charge is 2.22. The Morgan fingerprint density at radius 1 is 1.31 bits per heavy atom. The molecule has 6 nitrogen and oxygen atoms in total. The highest BCUT2D eigenvalue weighted by atomic mass is 16.5. The van der Waals surface area contributed by atoms with E-state index in [0.29, 0.717) is 24.9 Å². The molecular formula is C23H33N3O3. The Kier molecular flexibility index (Phi) is 8.07. The normalized spacial score (nSPS) is 15.5. The van der Waals surface area contributed by atoms with Gasteiger partial charge in [-0.25, -0.2) is 4.79 Å². The van der Waals surface area contributed by atoms with Gasteiger partial charge in [0.2, 0.25) is 0 Å². The molecule has 1 aromatic rings. The number of aromatic nitrogens is 1. The first-order chi connectivity index (χ1) is 13.7. The lowest BCUT2D eigenvalue weighted by Crippen LogP contribution is -2.40. The first kappa shape index (κ1) is 22.7. The van der Waals surface area contributed by atoms with Crippen LogP contribution in [0.15, 0.2) is 11.6 Å². The number of ether oxygens (including phenoxy) is 1. The van der Waals surface area contributed by atoms with Gasteiger partial charge in [-0.05, 0) is 62.7 Å². The number of rotatable bonds is 7. The standard InChI is InChI=1S/C23H33N3O3/c1-16(2)6-11-26-18(4)12-20(19(26)5)13-21(14-24)23(28)29-15-22(27)25-9-7-17(3)8-10-25/h12-13,16-17H,6-11,15H2,1-5H3/b21-13+. The van der Waals surface area contributed by atoms with Crippen LogP contribution in [0.4, 0.5) is 0 Å². The number of hydrogen-bond donors (Lipinski definition) is 0. The van der Waals surface area contributed by atoms with Crippen LogP contribution in [0.2, 0.25) is 0 Å². The Hall–Kier alpha value is -2.55. The summed E-state index contributed by atoms with van der Waals surface area (Å²) in [7, 11) is 0. The molecule has 29 heavy (non-hydrogen) atoms. The highest BCUT2D eigenvalue weighted by Crippen LogP contribution is 2.20. The zero-order chi connectivity index (χ0) is 21.6. The zero-order valence-corrected chi connectivity index (χ0v) is 18.3. The van der Waals surface area contributed by atoms with Gasteiger partial charge in [-0.2, -0.15) is 5.26 Å². The molecule has 0 aliphatic carbocycles. The summed E-state index contributed by atoms with van der Waals surface area (Å²) in [5, 5.41) is 9.42. The lowest BCUT2D eigenvalue weighted by Gasteiger charge is -2.30. The molecule has 1 amide bonds. The van der Waals surface area contributed by atoms with Crippen LogP contribution in [0, 0.1) is 37.0 Å². The van der Waals surface area contributed by atoms with Gasteiger partial charge < -0.3 is 14.2 Å². The molecule has 158 valence electrons. The number of carbonyl (C=O) groups excluding carboxylic acids is 2. The lowest BCUT2D eigenvalue weighted by atomic mass is 9.99. The van der Waals surface area contributed by atoms with Gasteiger partial charge in [0.25, 0.3) is 5.91 Å². The van der Waals surface area contributed by atoms with Crippen molar-refractivity contribution < 1.29 is 14.3 Å². The lowest BCUT2D eigenvalue weighted by molar-refractivity contribution is -0.149.